The van der Waals surface area contributed by atoms with E-state index in [1.54, 1.807) is 0 Å². The number of nitrogens with one attached hydrogen (secondary N) is 1. The molecule has 12 heteroatoms. The fraction of sp³-hybridized carbons (Fsp3) is 0.600. The van der Waals surface area contributed by atoms with Crippen LogP contribution in [0.5, 0.6) is 0 Å². The Bertz CT molecular complexity index is 786. The molecule has 1 saturated heterocycles. The molecule has 0 unspecified atom stereocenters. The summed E-state index contributed by atoms with van der Waals surface area (Å²) in [6.45, 7) is -0.674. The SMILES string of the molecule is O=C(O)N[C@H]1C[C@@H](C(F)(F)F)CN(c2c([N+](=O)[O-])c[n+]([O-])c3c2CCC3)C1. The fourth-order valence-corrected chi connectivity index (χ4v) is 3.92. The molecule has 0 aromatic carbocycles. The molecule has 1 amide bonds. The molecule has 27 heavy (non-hydrogen) atoms. The number of hydrogen-bond donors (Lipinski definition) is 2. The first-order valence-electron chi connectivity index (χ1n) is 8.31. The summed E-state index contributed by atoms with van der Waals surface area (Å²) in [5, 5.41) is 34.4. The van der Waals surface area contributed by atoms with Crippen LogP contribution in [-0.2, 0) is 12.8 Å². The lowest BCUT2D eigenvalue weighted by molar-refractivity contribution is -0.617. The van der Waals surface area contributed by atoms with Crippen LogP contribution in [-0.4, -0.2) is 41.4 Å². The number of aromatic nitrogens is 1. The quantitative estimate of drug-likeness (QED) is 0.351. The molecular weight excluding hydrogens is 373 g/mol. The standard InChI is InChI=1S/C15H17F3N4O5/c16-15(17,18)8-4-9(19-14(23)24)6-20(5-8)13-10-2-1-3-11(10)21(25)7-12(13)22(26)27/h7-9,19H,1-6H2,(H,23,24)/t8-,9+/m1/s1. The Morgan fingerprint density at radius 2 is 2.07 bits per heavy atom. The molecular formula is C15H17F3N4O5. The maximum Gasteiger partial charge on any atom is 0.404 e. The van der Waals surface area contributed by atoms with Crippen molar-refractivity contribution in [2.75, 3.05) is 18.0 Å². The van der Waals surface area contributed by atoms with E-state index in [0.29, 0.717) is 35.3 Å². The Balaban J connectivity index is 2.07. The van der Waals surface area contributed by atoms with Crippen LogP contribution in [0.1, 0.15) is 24.1 Å². The summed E-state index contributed by atoms with van der Waals surface area (Å²) in [5.74, 6) is -1.85. The Kier molecular flexibility index (Phi) is 4.74. The van der Waals surface area contributed by atoms with Crippen LogP contribution < -0.4 is 14.9 Å². The van der Waals surface area contributed by atoms with Crippen molar-refractivity contribution in [3.05, 3.63) is 32.8 Å². The van der Waals surface area contributed by atoms with Crippen molar-refractivity contribution in [3.63, 3.8) is 0 Å². The molecule has 3 rings (SSSR count). The predicted molar refractivity (Wildman–Crippen MR) is 85.4 cm³/mol. The van der Waals surface area contributed by atoms with Crippen LogP contribution in [0, 0.1) is 21.2 Å². The monoisotopic (exact) mass is 390 g/mol. The second-order valence-corrected chi connectivity index (χ2v) is 6.75. The number of rotatable bonds is 3. The second kappa shape index (κ2) is 6.74. The first-order valence-corrected chi connectivity index (χ1v) is 8.31. The number of fused-ring (bicyclic) bond motifs is 1. The Labute approximate surface area is 151 Å². The number of alkyl halides is 3. The number of pyridine rings is 1. The number of amides is 1. The zero-order valence-corrected chi connectivity index (χ0v) is 14.0. The minimum Gasteiger partial charge on any atom is -0.618 e. The number of nitro groups is 1. The van der Waals surface area contributed by atoms with Gasteiger partial charge in [0.05, 0.1) is 22.4 Å². The zero-order valence-electron chi connectivity index (χ0n) is 14.0. The highest BCUT2D eigenvalue weighted by atomic mass is 19.4. The van der Waals surface area contributed by atoms with Gasteiger partial charge in [-0.25, -0.2) is 4.79 Å². The Hall–Kier alpha value is -2.79. The van der Waals surface area contributed by atoms with E-state index in [-0.39, 0.29) is 12.2 Å². The van der Waals surface area contributed by atoms with Crippen LogP contribution in [0.15, 0.2) is 6.20 Å². The van der Waals surface area contributed by atoms with Crippen molar-refractivity contribution in [2.45, 2.75) is 37.9 Å². The summed E-state index contributed by atoms with van der Waals surface area (Å²) in [4.78, 5) is 22.8. The number of carboxylic acid groups (broad SMARTS) is 1. The molecule has 1 aromatic rings. The summed E-state index contributed by atoms with van der Waals surface area (Å²) in [6.07, 6.45) is -4.42. The fourth-order valence-electron chi connectivity index (χ4n) is 3.92. The molecule has 2 heterocycles. The average molecular weight is 390 g/mol. The van der Waals surface area contributed by atoms with E-state index < -0.39 is 47.8 Å². The Morgan fingerprint density at radius 3 is 2.67 bits per heavy atom. The van der Waals surface area contributed by atoms with Crippen molar-refractivity contribution in [2.24, 2.45) is 5.92 Å². The molecule has 1 aliphatic heterocycles. The summed E-state index contributed by atoms with van der Waals surface area (Å²) in [5.41, 5.74) is 0.108. The van der Waals surface area contributed by atoms with Gasteiger partial charge in [-0.15, -0.1) is 0 Å². The molecule has 9 nitrogen and oxygen atoms in total. The number of carbonyl (C=O) groups is 1. The van der Waals surface area contributed by atoms with Gasteiger partial charge in [0, 0.05) is 19.5 Å². The van der Waals surface area contributed by atoms with Gasteiger partial charge in [0.1, 0.15) is 5.69 Å². The normalized spacial score (nSPS) is 22.4. The minimum atomic E-state index is -4.58. The molecule has 2 N–H and O–H groups in total. The first-order chi connectivity index (χ1) is 12.6. The molecule has 1 fully saturated rings. The van der Waals surface area contributed by atoms with Crippen molar-refractivity contribution < 1.29 is 32.7 Å². The van der Waals surface area contributed by atoms with Gasteiger partial charge in [0.15, 0.2) is 5.69 Å². The van der Waals surface area contributed by atoms with E-state index in [1.807, 2.05) is 5.32 Å². The smallest absolute Gasteiger partial charge is 0.404 e. The van der Waals surface area contributed by atoms with E-state index in [2.05, 4.69) is 0 Å². The lowest BCUT2D eigenvalue weighted by Crippen LogP contribution is -2.54. The van der Waals surface area contributed by atoms with Crippen LogP contribution in [0.3, 0.4) is 0 Å². The van der Waals surface area contributed by atoms with Crippen LogP contribution in [0.4, 0.5) is 29.3 Å². The molecule has 0 saturated carbocycles. The highest BCUT2D eigenvalue weighted by Gasteiger charge is 2.47. The molecule has 1 aliphatic carbocycles. The minimum absolute atomic E-state index is 0.00858. The molecule has 0 radical (unpaired) electrons. The van der Waals surface area contributed by atoms with Gasteiger partial charge >= 0.3 is 18.0 Å². The third kappa shape index (κ3) is 3.69. The highest BCUT2D eigenvalue weighted by Crippen LogP contribution is 2.41. The maximum atomic E-state index is 13.3. The van der Waals surface area contributed by atoms with E-state index in [9.17, 15) is 33.3 Å². The second-order valence-electron chi connectivity index (χ2n) is 6.75. The van der Waals surface area contributed by atoms with Crippen LogP contribution >= 0.6 is 0 Å². The number of hydrogen-bond acceptors (Lipinski definition) is 5. The lowest BCUT2D eigenvalue weighted by atomic mass is 9.92. The van der Waals surface area contributed by atoms with Gasteiger partial charge < -0.3 is 20.5 Å². The summed E-state index contributed by atoms with van der Waals surface area (Å²) in [6, 6.07) is -1.04. The molecule has 0 bridgehead atoms. The van der Waals surface area contributed by atoms with Crippen LogP contribution in [0.2, 0.25) is 0 Å². The number of anilines is 1. The summed E-state index contributed by atoms with van der Waals surface area (Å²) in [7, 11) is 0. The maximum absolute atomic E-state index is 13.3. The first kappa shape index (κ1) is 19.0. The summed E-state index contributed by atoms with van der Waals surface area (Å²) >= 11 is 0. The van der Waals surface area contributed by atoms with E-state index in [0.717, 1.165) is 6.20 Å². The highest BCUT2D eigenvalue weighted by molar-refractivity contribution is 5.69. The molecule has 2 atom stereocenters. The van der Waals surface area contributed by atoms with Crippen molar-refractivity contribution in [1.82, 2.24) is 5.32 Å². The number of nitrogens with zero attached hydrogens (tertiary/aromatic N) is 3. The third-order valence-electron chi connectivity index (χ3n) is 4.98. The van der Waals surface area contributed by atoms with E-state index in [4.69, 9.17) is 5.11 Å². The van der Waals surface area contributed by atoms with Gasteiger partial charge in [-0.2, -0.15) is 17.9 Å². The molecule has 2 aliphatic rings. The molecule has 148 valence electrons. The third-order valence-corrected chi connectivity index (χ3v) is 4.98. The zero-order chi connectivity index (χ0) is 19.9. The van der Waals surface area contributed by atoms with Crippen LogP contribution in [0.25, 0.3) is 0 Å². The van der Waals surface area contributed by atoms with Crippen molar-refractivity contribution >= 4 is 17.5 Å². The average Bonchev–Trinajstić information content (AvgIpc) is 3.02. The van der Waals surface area contributed by atoms with Crippen molar-refractivity contribution in [1.29, 1.82) is 0 Å². The largest absolute Gasteiger partial charge is 0.618 e. The Morgan fingerprint density at radius 1 is 1.37 bits per heavy atom. The van der Waals surface area contributed by atoms with Gasteiger partial charge in [0.25, 0.3) is 6.20 Å². The topological polar surface area (TPSA) is 123 Å². The predicted octanol–water partition coefficient (Wildman–Crippen LogP) is 1.74. The van der Waals surface area contributed by atoms with Gasteiger partial charge in [-0.3, -0.25) is 10.1 Å². The van der Waals surface area contributed by atoms with E-state index in [1.165, 1.54) is 4.90 Å². The number of halogens is 3. The summed E-state index contributed by atoms with van der Waals surface area (Å²) < 4.78 is 40.5. The molecule has 1 aromatic heterocycles. The van der Waals surface area contributed by atoms with Crippen molar-refractivity contribution in [3.8, 4) is 0 Å². The molecule has 0 spiro atoms. The van der Waals surface area contributed by atoms with E-state index >= 15 is 0 Å². The van der Waals surface area contributed by atoms with Gasteiger partial charge in [-0.1, -0.05) is 0 Å². The number of piperidine rings is 1. The van der Waals surface area contributed by atoms with Gasteiger partial charge in [-0.05, 0) is 19.3 Å². The van der Waals surface area contributed by atoms with Gasteiger partial charge in [0.2, 0.25) is 0 Å². The lowest BCUT2D eigenvalue weighted by Gasteiger charge is -2.39.